The van der Waals surface area contributed by atoms with Crippen LogP contribution in [0.4, 0.5) is 0 Å². The molecule has 0 spiro atoms. The van der Waals surface area contributed by atoms with Crippen molar-refractivity contribution in [2.75, 3.05) is 0 Å². The van der Waals surface area contributed by atoms with Crippen LogP contribution < -0.4 is 0 Å². The summed E-state index contributed by atoms with van der Waals surface area (Å²) in [6.45, 7) is 6.50. The van der Waals surface area contributed by atoms with Crippen LogP contribution in [-0.2, 0) is 0 Å². The predicted molar refractivity (Wildman–Crippen MR) is 74.4 cm³/mol. The monoisotopic (exact) mass is 246 g/mol. The normalized spacial score (nSPS) is 24.9. The van der Waals surface area contributed by atoms with Gasteiger partial charge in [0.25, 0.3) is 0 Å². The van der Waals surface area contributed by atoms with Crippen molar-refractivity contribution < 1.29 is 10.2 Å². The van der Waals surface area contributed by atoms with Gasteiger partial charge in [-0.3, -0.25) is 0 Å². The highest BCUT2D eigenvalue weighted by atomic mass is 16.3. The van der Waals surface area contributed by atoms with Crippen molar-refractivity contribution in [3.05, 3.63) is 47.0 Å². The first-order valence-corrected chi connectivity index (χ1v) is 6.60. The molecule has 2 heteroatoms. The summed E-state index contributed by atoms with van der Waals surface area (Å²) in [5, 5.41) is 19.1. The minimum absolute atomic E-state index is 0.00264. The van der Waals surface area contributed by atoms with Gasteiger partial charge in [0, 0.05) is 17.8 Å². The molecule has 0 aromatic rings. The first kappa shape index (κ1) is 13.0. The van der Waals surface area contributed by atoms with Crippen molar-refractivity contribution in [1.82, 2.24) is 0 Å². The molecule has 0 aromatic carbocycles. The third-order valence-corrected chi connectivity index (χ3v) is 4.22. The molecule has 0 aromatic heterocycles. The quantitative estimate of drug-likeness (QED) is 0.748. The lowest BCUT2D eigenvalue weighted by Gasteiger charge is -2.35. The molecule has 0 heterocycles. The van der Waals surface area contributed by atoms with E-state index in [2.05, 4.69) is 20.8 Å². The molecule has 0 saturated heterocycles. The molecule has 0 unspecified atom stereocenters. The second-order valence-corrected chi connectivity index (χ2v) is 5.86. The maximum atomic E-state index is 9.67. The Hall–Kier alpha value is -1.44. The van der Waals surface area contributed by atoms with Crippen molar-refractivity contribution in [2.24, 2.45) is 11.3 Å². The maximum Gasteiger partial charge on any atom is 0.0953 e. The van der Waals surface area contributed by atoms with E-state index >= 15 is 0 Å². The fourth-order valence-corrected chi connectivity index (χ4v) is 2.67. The van der Waals surface area contributed by atoms with Crippen molar-refractivity contribution in [1.29, 1.82) is 0 Å². The molecule has 1 atom stereocenters. The molecule has 2 aliphatic carbocycles. The van der Waals surface area contributed by atoms with Crippen molar-refractivity contribution in [3.63, 3.8) is 0 Å². The average Bonchev–Trinajstić information content (AvgIpc) is 2.33. The summed E-state index contributed by atoms with van der Waals surface area (Å²) >= 11 is 0. The summed E-state index contributed by atoms with van der Waals surface area (Å²) in [6, 6.07) is 0. The zero-order chi connectivity index (χ0) is 13.3. The molecular weight excluding hydrogens is 224 g/mol. The molecule has 18 heavy (non-hydrogen) atoms. The summed E-state index contributed by atoms with van der Waals surface area (Å²) in [5.74, 6) is 1.15. The fourth-order valence-electron chi connectivity index (χ4n) is 2.67. The summed E-state index contributed by atoms with van der Waals surface area (Å²) in [5.41, 5.74) is 2.71. The summed E-state index contributed by atoms with van der Waals surface area (Å²) < 4.78 is 0. The smallest absolute Gasteiger partial charge is 0.0953 e. The fraction of sp³-hybridized carbons (Fsp3) is 0.500. The van der Waals surface area contributed by atoms with E-state index in [0.717, 1.165) is 19.3 Å². The van der Waals surface area contributed by atoms with Gasteiger partial charge in [-0.25, -0.2) is 0 Å². The Kier molecular flexibility index (Phi) is 3.38. The van der Waals surface area contributed by atoms with Gasteiger partial charge in [0.1, 0.15) is 0 Å². The van der Waals surface area contributed by atoms with Gasteiger partial charge in [-0.05, 0) is 25.0 Å². The second-order valence-electron chi connectivity index (χ2n) is 5.86. The van der Waals surface area contributed by atoms with Crippen molar-refractivity contribution >= 4 is 0 Å². The average molecular weight is 246 g/mol. The summed E-state index contributed by atoms with van der Waals surface area (Å²) in [4.78, 5) is 0. The molecule has 0 bridgehead atoms. The predicted octanol–water partition coefficient (Wildman–Crippen LogP) is 4.58. The van der Waals surface area contributed by atoms with Crippen LogP contribution in [0.5, 0.6) is 0 Å². The Labute approximate surface area is 109 Å². The Morgan fingerprint density at radius 3 is 2.22 bits per heavy atom. The van der Waals surface area contributed by atoms with Crippen molar-refractivity contribution in [3.8, 4) is 0 Å². The van der Waals surface area contributed by atoms with Gasteiger partial charge >= 0.3 is 0 Å². The van der Waals surface area contributed by atoms with Crippen LogP contribution in [0.2, 0.25) is 0 Å². The van der Waals surface area contributed by atoms with E-state index in [1.165, 1.54) is 11.1 Å². The number of allylic oxidation sites excluding steroid dienone is 8. The van der Waals surface area contributed by atoms with E-state index in [4.69, 9.17) is 0 Å². The van der Waals surface area contributed by atoms with Crippen LogP contribution in [0.3, 0.4) is 0 Å². The largest absolute Gasteiger partial charge is 0.512 e. The molecule has 2 rings (SSSR count). The zero-order valence-corrected chi connectivity index (χ0v) is 11.4. The van der Waals surface area contributed by atoms with E-state index in [1.807, 2.05) is 18.2 Å². The molecule has 98 valence electrons. The lowest BCUT2D eigenvalue weighted by Crippen LogP contribution is -2.22. The Morgan fingerprint density at radius 1 is 1.00 bits per heavy atom. The number of hydrogen-bond acceptors (Lipinski definition) is 2. The number of hydrogen-bond donors (Lipinski definition) is 2. The molecule has 0 radical (unpaired) electrons. The van der Waals surface area contributed by atoms with E-state index in [0.29, 0.717) is 11.5 Å². The summed E-state index contributed by atoms with van der Waals surface area (Å²) in [6.07, 6.45) is 10.3. The third-order valence-electron chi connectivity index (χ3n) is 4.22. The molecule has 0 saturated carbocycles. The van der Waals surface area contributed by atoms with Gasteiger partial charge in [0.2, 0.25) is 0 Å². The van der Waals surface area contributed by atoms with Gasteiger partial charge in [-0.1, -0.05) is 44.1 Å². The first-order chi connectivity index (χ1) is 8.41. The van der Waals surface area contributed by atoms with E-state index < -0.39 is 0 Å². The lowest BCUT2D eigenvalue weighted by molar-refractivity contribution is 0.323. The standard InChI is InChI=1S/C16H22O2/c1-11-10-13(6-9-15(11)18)16(2,3)12-4-7-14(17)8-5-12/h4,6-7,9,11,17-18H,5,8,10H2,1-3H3/t11-/m0/s1. The van der Waals surface area contributed by atoms with Crippen LogP contribution in [0, 0.1) is 11.3 Å². The Balaban J connectivity index is 2.27. The molecule has 2 nitrogen and oxygen atoms in total. The zero-order valence-electron chi connectivity index (χ0n) is 11.4. The van der Waals surface area contributed by atoms with Crippen LogP contribution in [0.15, 0.2) is 47.0 Å². The van der Waals surface area contributed by atoms with Crippen LogP contribution in [0.1, 0.15) is 40.0 Å². The molecule has 2 aliphatic rings. The molecule has 0 aliphatic heterocycles. The topological polar surface area (TPSA) is 40.5 Å². The number of aliphatic hydroxyl groups is 2. The highest BCUT2D eigenvalue weighted by Crippen LogP contribution is 2.43. The first-order valence-electron chi connectivity index (χ1n) is 6.60. The minimum atomic E-state index is 0.00264. The van der Waals surface area contributed by atoms with E-state index in [9.17, 15) is 10.2 Å². The highest BCUT2D eigenvalue weighted by Gasteiger charge is 2.31. The summed E-state index contributed by atoms with van der Waals surface area (Å²) in [7, 11) is 0. The SMILES string of the molecule is C[C@H]1CC(C(C)(C)C2=CC=C(O)CC2)=CC=C1O. The van der Waals surface area contributed by atoms with Crippen molar-refractivity contribution in [2.45, 2.75) is 40.0 Å². The van der Waals surface area contributed by atoms with Crippen LogP contribution in [0.25, 0.3) is 0 Å². The molecule has 0 amide bonds. The molecular formula is C16H22O2. The number of rotatable bonds is 2. The maximum absolute atomic E-state index is 9.67. The molecule has 2 N–H and O–H groups in total. The third kappa shape index (κ3) is 2.38. The second kappa shape index (κ2) is 4.68. The van der Waals surface area contributed by atoms with Gasteiger partial charge < -0.3 is 10.2 Å². The van der Waals surface area contributed by atoms with Crippen LogP contribution in [-0.4, -0.2) is 10.2 Å². The van der Waals surface area contributed by atoms with Gasteiger partial charge in [-0.15, -0.1) is 0 Å². The van der Waals surface area contributed by atoms with Gasteiger partial charge in [0.05, 0.1) is 11.5 Å². The van der Waals surface area contributed by atoms with E-state index in [1.54, 1.807) is 6.08 Å². The highest BCUT2D eigenvalue weighted by molar-refractivity contribution is 5.37. The molecule has 0 fully saturated rings. The van der Waals surface area contributed by atoms with Gasteiger partial charge in [0.15, 0.2) is 0 Å². The van der Waals surface area contributed by atoms with Crippen LogP contribution >= 0.6 is 0 Å². The minimum Gasteiger partial charge on any atom is -0.512 e. The Bertz CT molecular complexity index is 461. The lowest BCUT2D eigenvalue weighted by atomic mass is 9.70. The van der Waals surface area contributed by atoms with Gasteiger partial charge in [-0.2, -0.15) is 0 Å². The van der Waals surface area contributed by atoms with E-state index in [-0.39, 0.29) is 11.3 Å². The number of aliphatic hydroxyl groups excluding tert-OH is 2. The Morgan fingerprint density at radius 2 is 1.67 bits per heavy atom.